The number of nitriles is 1. The zero-order chi connectivity index (χ0) is 19.5. The Kier molecular flexibility index (Phi) is 5.81. The summed E-state index contributed by atoms with van der Waals surface area (Å²) in [6.07, 6.45) is 12.1. The van der Waals surface area contributed by atoms with Gasteiger partial charge in [0, 0.05) is 0 Å². The summed E-state index contributed by atoms with van der Waals surface area (Å²) >= 11 is 0. The maximum absolute atomic E-state index is 14.0. The van der Waals surface area contributed by atoms with E-state index in [-0.39, 0.29) is 5.56 Å². The van der Waals surface area contributed by atoms with Gasteiger partial charge in [0.25, 0.3) is 0 Å². The lowest BCUT2D eigenvalue weighted by Crippen LogP contribution is -2.26. The predicted octanol–water partition coefficient (Wildman–Crippen LogP) is 7.08. The molecule has 0 amide bonds. The Morgan fingerprint density at radius 3 is 2.39 bits per heavy atom. The zero-order valence-corrected chi connectivity index (χ0v) is 16.9. The van der Waals surface area contributed by atoms with Gasteiger partial charge in [-0.1, -0.05) is 56.9 Å². The van der Waals surface area contributed by atoms with Crippen LogP contribution >= 0.6 is 0 Å². The molecule has 28 heavy (non-hydrogen) atoms. The highest BCUT2D eigenvalue weighted by molar-refractivity contribution is 5.66. The van der Waals surface area contributed by atoms with Crippen LogP contribution in [0, 0.1) is 34.9 Å². The van der Waals surface area contributed by atoms with Gasteiger partial charge in [-0.15, -0.1) is 0 Å². The number of nitrogens with zero attached hydrogens (tertiary/aromatic N) is 1. The topological polar surface area (TPSA) is 23.8 Å². The van der Waals surface area contributed by atoms with Crippen LogP contribution in [0.15, 0.2) is 36.4 Å². The van der Waals surface area contributed by atoms with Gasteiger partial charge in [0.05, 0.1) is 5.56 Å². The highest BCUT2D eigenvalue weighted by Crippen LogP contribution is 2.41. The SMILES string of the molecule is CCCC1CCC(C2CCc3cc(-c4ccc(C#N)c(F)c4)ccc3C2)CC1. The molecule has 2 aliphatic carbocycles. The van der Waals surface area contributed by atoms with E-state index in [0.717, 1.165) is 35.3 Å². The van der Waals surface area contributed by atoms with Crippen LogP contribution < -0.4 is 0 Å². The van der Waals surface area contributed by atoms with Gasteiger partial charge in [0.2, 0.25) is 0 Å². The maximum atomic E-state index is 14.0. The first-order valence-corrected chi connectivity index (χ1v) is 11.0. The summed E-state index contributed by atoms with van der Waals surface area (Å²) in [4.78, 5) is 0. The summed E-state index contributed by atoms with van der Waals surface area (Å²) in [6.45, 7) is 2.31. The molecule has 0 N–H and O–H groups in total. The molecule has 0 aliphatic heterocycles. The monoisotopic (exact) mass is 375 g/mol. The average molecular weight is 376 g/mol. The van der Waals surface area contributed by atoms with E-state index in [1.54, 1.807) is 6.07 Å². The Balaban J connectivity index is 1.45. The van der Waals surface area contributed by atoms with Gasteiger partial charge in [-0.2, -0.15) is 5.26 Å². The zero-order valence-electron chi connectivity index (χ0n) is 16.9. The van der Waals surface area contributed by atoms with Crippen molar-refractivity contribution in [1.82, 2.24) is 0 Å². The molecular weight excluding hydrogens is 345 g/mol. The molecule has 146 valence electrons. The molecule has 0 radical (unpaired) electrons. The van der Waals surface area contributed by atoms with E-state index in [1.165, 1.54) is 68.6 Å². The van der Waals surface area contributed by atoms with Crippen LogP contribution in [0.5, 0.6) is 0 Å². The fraction of sp³-hybridized carbons (Fsp3) is 0.500. The number of hydrogen-bond donors (Lipinski definition) is 0. The van der Waals surface area contributed by atoms with Gasteiger partial charge in [-0.05, 0) is 84.2 Å². The van der Waals surface area contributed by atoms with Crippen molar-refractivity contribution in [3.8, 4) is 17.2 Å². The average Bonchev–Trinajstić information content (AvgIpc) is 2.74. The smallest absolute Gasteiger partial charge is 0.141 e. The van der Waals surface area contributed by atoms with Crippen molar-refractivity contribution >= 4 is 0 Å². The lowest BCUT2D eigenvalue weighted by molar-refractivity contribution is 0.184. The minimum Gasteiger partial charge on any atom is -0.206 e. The molecule has 2 heteroatoms. The van der Waals surface area contributed by atoms with E-state index < -0.39 is 5.82 Å². The molecule has 4 rings (SSSR count). The van der Waals surface area contributed by atoms with Crippen molar-refractivity contribution in [2.24, 2.45) is 17.8 Å². The van der Waals surface area contributed by atoms with Crippen LogP contribution in [0.3, 0.4) is 0 Å². The van der Waals surface area contributed by atoms with Crippen molar-refractivity contribution in [1.29, 1.82) is 5.26 Å². The van der Waals surface area contributed by atoms with Gasteiger partial charge < -0.3 is 0 Å². The first kappa shape index (κ1) is 19.2. The summed E-state index contributed by atoms with van der Waals surface area (Å²) < 4.78 is 14.0. The van der Waals surface area contributed by atoms with Gasteiger partial charge in [-0.3, -0.25) is 0 Å². The van der Waals surface area contributed by atoms with Gasteiger partial charge in [0.15, 0.2) is 0 Å². The summed E-state index contributed by atoms with van der Waals surface area (Å²) in [5, 5.41) is 8.92. The minimum atomic E-state index is -0.434. The number of fused-ring (bicyclic) bond motifs is 1. The molecule has 0 bridgehead atoms. The molecule has 1 atom stereocenters. The molecule has 2 aliphatic rings. The van der Waals surface area contributed by atoms with E-state index in [2.05, 4.69) is 25.1 Å². The molecule has 1 nitrogen and oxygen atoms in total. The van der Waals surface area contributed by atoms with Gasteiger partial charge >= 0.3 is 0 Å². The number of benzene rings is 2. The van der Waals surface area contributed by atoms with E-state index in [0.29, 0.717) is 0 Å². The molecule has 2 aromatic carbocycles. The lowest BCUT2D eigenvalue weighted by atomic mass is 9.69. The van der Waals surface area contributed by atoms with Crippen LogP contribution in [0.2, 0.25) is 0 Å². The fourth-order valence-electron chi connectivity index (χ4n) is 5.51. The molecule has 1 saturated carbocycles. The second kappa shape index (κ2) is 8.48. The molecule has 0 aromatic heterocycles. The van der Waals surface area contributed by atoms with E-state index in [9.17, 15) is 4.39 Å². The molecule has 0 heterocycles. The third-order valence-corrected chi connectivity index (χ3v) is 7.15. The van der Waals surface area contributed by atoms with Crippen molar-refractivity contribution in [3.05, 3.63) is 58.9 Å². The van der Waals surface area contributed by atoms with Crippen molar-refractivity contribution in [2.45, 2.75) is 64.7 Å². The standard InChI is InChI=1S/C26H30FN/c1-2-3-18-4-6-19(7-5-18)20-8-9-22-15-23(11-10-21(22)14-20)24-12-13-25(17-28)26(27)16-24/h10-13,15-16,18-20H,2-9,14H2,1H3. The van der Waals surface area contributed by atoms with Crippen molar-refractivity contribution < 1.29 is 4.39 Å². The van der Waals surface area contributed by atoms with E-state index in [1.807, 2.05) is 12.1 Å². The van der Waals surface area contributed by atoms with Gasteiger partial charge in [0.1, 0.15) is 11.9 Å². The quantitative estimate of drug-likeness (QED) is 0.560. The third-order valence-electron chi connectivity index (χ3n) is 7.15. The van der Waals surface area contributed by atoms with Gasteiger partial charge in [-0.25, -0.2) is 4.39 Å². The Morgan fingerprint density at radius 2 is 1.68 bits per heavy atom. The minimum absolute atomic E-state index is 0.109. The van der Waals surface area contributed by atoms with Crippen LogP contribution in [-0.4, -0.2) is 0 Å². The van der Waals surface area contributed by atoms with Crippen LogP contribution in [0.25, 0.3) is 11.1 Å². The Morgan fingerprint density at radius 1 is 0.929 bits per heavy atom. The molecule has 0 saturated heterocycles. The Labute approximate surface area is 168 Å². The van der Waals surface area contributed by atoms with Crippen LogP contribution in [0.4, 0.5) is 4.39 Å². The Bertz CT molecular complexity index is 870. The fourth-order valence-corrected chi connectivity index (χ4v) is 5.51. The number of rotatable bonds is 4. The third kappa shape index (κ3) is 4.00. The first-order chi connectivity index (χ1) is 13.7. The maximum Gasteiger partial charge on any atom is 0.141 e. The molecular formula is C26H30FN. The number of halogens is 1. The second-order valence-electron chi connectivity index (χ2n) is 8.86. The van der Waals surface area contributed by atoms with E-state index >= 15 is 0 Å². The molecule has 0 spiro atoms. The van der Waals surface area contributed by atoms with Crippen molar-refractivity contribution in [3.63, 3.8) is 0 Å². The summed E-state index contributed by atoms with van der Waals surface area (Å²) in [7, 11) is 0. The molecule has 1 unspecified atom stereocenters. The van der Waals surface area contributed by atoms with Crippen LogP contribution in [0.1, 0.15) is 68.6 Å². The molecule has 2 aromatic rings. The second-order valence-corrected chi connectivity index (χ2v) is 8.86. The highest BCUT2D eigenvalue weighted by Gasteiger charge is 2.30. The van der Waals surface area contributed by atoms with Crippen LogP contribution in [-0.2, 0) is 12.8 Å². The van der Waals surface area contributed by atoms with E-state index in [4.69, 9.17) is 5.26 Å². The number of hydrogen-bond acceptors (Lipinski definition) is 1. The summed E-state index contributed by atoms with van der Waals surface area (Å²) in [5.74, 6) is 2.30. The summed E-state index contributed by atoms with van der Waals surface area (Å²) in [5.41, 5.74) is 4.94. The first-order valence-electron chi connectivity index (χ1n) is 11.0. The lowest BCUT2D eigenvalue weighted by Gasteiger charge is -2.36. The Hall–Kier alpha value is -2.14. The molecule has 1 fully saturated rings. The predicted molar refractivity (Wildman–Crippen MR) is 112 cm³/mol. The largest absolute Gasteiger partial charge is 0.206 e. The number of aryl methyl sites for hydroxylation is 1. The normalized spacial score (nSPS) is 24.4. The highest BCUT2D eigenvalue weighted by atomic mass is 19.1. The summed E-state index contributed by atoms with van der Waals surface area (Å²) in [6, 6.07) is 13.4. The van der Waals surface area contributed by atoms with Crippen molar-refractivity contribution in [2.75, 3.05) is 0 Å².